The van der Waals surface area contributed by atoms with Gasteiger partial charge in [0.25, 0.3) is 0 Å². The highest BCUT2D eigenvalue weighted by molar-refractivity contribution is 5.86. The van der Waals surface area contributed by atoms with Crippen molar-refractivity contribution in [1.82, 2.24) is 4.90 Å². The zero-order chi connectivity index (χ0) is 14.5. The topological polar surface area (TPSA) is 57.6 Å². The lowest BCUT2D eigenvalue weighted by molar-refractivity contribution is -0.149. The smallest absolute Gasteiger partial charge is 0.323 e. The lowest BCUT2D eigenvalue weighted by Gasteiger charge is -2.34. The molecule has 0 saturated heterocycles. The van der Waals surface area contributed by atoms with Crippen molar-refractivity contribution in [2.45, 2.75) is 46.0 Å². The van der Waals surface area contributed by atoms with E-state index in [1.807, 2.05) is 0 Å². The van der Waals surface area contributed by atoms with Gasteiger partial charge >= 0.3 is 5.97 Å². The first kappa shape index (κ1) is 15.6. The lowest BCUT2D eigenvalue weighted by Crippen LogP contribution is -2.45. The van der Waals surface area contributed by atoms with E-state index in [-0.39, 0.29) is 24.4 Å². The highest BCUT2D eigenvalue weighted by Crippen LogP contribution is 2.44. The minimum absolute atomic E-state index is 0.0703. The van der Waals surface area contributed by atoms with Gasteiger partial charge in [-0.15, -0.1) is 6.42 Å². The molecule has 0 unspecified atom stereocenters. The van der Waals surface area contributed by atoms with Crippen LogP contribution in [0.15, 0.2) is 0 Å². The highest BCUT2D eigenvalue weighted by atomic mass is 16.4. The van der Waals surface area contributed by atoms with Gasteiger partial charge in [-0.2, -0.15) is 0 Å². The van der Waals surface area contributed by atoms with Gasteiger partial charge in [-0.05, 0) is 25.2 Å². The van der Waals surface area contributed by atoms with Gasteiger partial charge in [-0.25, -0.2) is 0 Å². The Kier molecular flexibility index (Phi) is 5.41. The summed E-state index contributed by atoms with van der Waals surface area (Å²) in [6, 6.07) is 0. The summed E-state index contributed by atoms with van der Waals surface area (Å²) in [4.78, 5) is 24.9. The number of amides is 1. The first-order valence-corrected chi connectivity index (χ1v) is 6.86. The van der Waals surface area contributed by atoms with Crippen molar-refractivity contribution in [3.05, 3.63) is 0 Å². The van der Waals surface area contributed by atoms with E-state index in [4.69, 9.17) is 11.5 Å². The number of nitrogens with zero attached hydrogens (tertiary/aromatic N) is 1. The van der Waals surface area contributed by atoms with E-state index >= 15 is 0 Å². The number of aliphatic carboxylic acids is 1. The summed E-state index contributed by atoms with van der Waals surface area (Å²) >= 11 is 0. The monoisotopic (exact) mass is 265 g/mol. The molecule has 1 fully saturated rings. The quantitative estimate of drug-likeness (QED) is 0.749. The van der Waals surface area contributed by atoms with Gasteiger partial charge < -0.3 is 10.0 Å². The highest BCUT2D eigenvalue weighted by Gasteiger charge is 2.43. The molecule has 0 aromatic carbocycles. The Morgan fingerprint density at radius 3 is 2.37 bits per heavy atom. The minimum Gasteiger partial charge on any atom is -0.480 e. The van der Waals surface area contributed by atoms with Crippen LogP contribution < -0.4 is 0 Å². The largest absolute Gasteiger partial charge is 0.480 e. The summed E-state index contributed by atoms with van der Waals surface area (Å²) < 4.78 is 0. The predicted molar refractivity (Wildman–Crippen MR) is 73.4 cm³/mol. The lowest BCUT2D eigenvalue weighted by atomic mass is 9.77. The molecule has 1 saturated carbocycles. The third-order valence-corrected chi connectivity index (χ3v) is 3.71. The second-order valence-corrected chi connectivity index (χ2v) is 5.84. The zero-order valence-electron chi connectivity index (χ0n) is 11.8. The number of carboxylic acids is 1. The molecule has 1 aliphatic rings. The molecular weight excluding hydrogens is 242 g/mol. The van der Waals surface area contributed by atoms with Crippen molar-refractivity contribution in [3.8, 4) is 12.3 Å². The van der Waals surface area contributed by atoms with E-state index in [9.17, 15) is 9.59 Å². The Bertz CT molecular complexity index is 375. The van der Waals surface area contributed by atoms with Crippen molar-refractivity contribution >= 4 is 11.9 Å². The van der Waals surface area contributed by atoms with Crippen LogP contribution in [0.5, 0.6) is 0 Å². The van der Waals surface area contributed by atoms with Crippen LogP contribution in [0.2, 0.25) is 0 Å². The SMILES string of the molecule is C#CCN(CC(=O)O)C(=O)C1(CC(C)C)CCCC1. The third-order valence-electron chi connectivity index (χ3n) is 3.71. The molecule has 4 nitrogen and oxygen atoms in total. The molecular formula is C15H23NO3. The van der Waals surface area contributed by atoms with Crippen LogP contribution in [0.1, 0.15) is 46.0 Å². The van der Waals surface area contributed by atoms with Gasteiger partial charge in [0.2, 0.25) is 5.91 Å². The van der Waals surface area contributed by atoms with Crippen molar-refractivity contribution < 1.29 is 14.7 Å². The standard InChI is InChI=1S/C15H23NO3/c1-4-9-16(11-13(17)18)14(19)15(10-12(2)3)7-5-6-8-15/h1,12H,5-11H2,2-3H3,(H,17,18). The Labute approximate surface area is 115 Å². The first-order chi connectivity index (χ1) is 8.91. The summed E-state index contributed by atoms with van der Waals surface area (Å²) in [6.07, 6.45) is 9.84. The maximum absolute atomic E-state index is 12.7. The fourth-order valence-electron chi connectivity index (χ4n) is 3.15. The van der Waals surface area contributed by atoms with Crippen LogP contribution >= 0.6 is 0 Å². The third kappa shape index (κ3) is 3.99. The Hall–Kier alpha value is -1.50. The predicted octanol–water partition coefficient (Wildman–Crippen LogP) is 2.14. The molecule has 4 heteroatoms. The average molecular weight is 265 g/mol. The summed E-state index contributed by atoms with van der Waals surface area (Å²) in [7, 11) is 0. The van der Waals surface area contributed by atoms with Crippen LogP contribution in [-0.2, 0) is 9.59 Å². The Morgan fingerprint density at radius 2 is 1.95 bits per heavy atom. The molecule has 0 aliphatic heterocycles. The number of hydrogen-bond acceptors (Lipinski definition) is 2. The second kappa shape index (κ2) is 6.60. The zero-order valence-corrected chi connectivity index (χ0v) is 11.8. The molecule has 1 amide bonds. The number of carbonyl (C=O) groups excluding carboxylic acids is 1. The van der Waals surface area contributed by atoms with E-state index in [1.54, 1.807) is 0 Å². The molecule has 0 atom stereocenters. The number of terminal acetylenes is 1. The second-order valence-electron chi connectivity index (χ2n) is 5.84. The fraction of sp³-hybridized carbons (Fsp3) is 0.733. The summed E-state index contributed by atoms with van der Waals surface area (Å²) in [5.41, 5.74) is -0.388. The molecule has 19 heavy (non-hydrogen) atoms. The maximum Gasteiger partial charge on any atom is 0.323 e. The Balaban J connectivity index is 2.90. The summed E-state index contributed by atoms with van der Waals surface area (Å²) in [5.74, 6) is 1.72. The van der Waals surface area contributed by atoms with Crippen molar-refractivity contribution in [2.75, 3.05) is 13.1 Å². The number of rotatable bonds is 6. The van der Waals surface area contributed by atoms with Gasteiger partial charge in [0.05, 0.1) is 6.54 Å². The molecule has 0 aromatic heterocycles. The molecule has 0 heterocycles. The van der Waals surface area contributed by atoms with Gasteiger partial charge in [0.15, 0.2) is 0 Å². The molecule has 1 aliphatic carbocycles. The number of carbonyl (C=O) groups is 2. The van der Waals surface area contributed by atoms with E-state index in [1.165, 1.54) is 4.90 Å². The maximum atomic E-state index is 12.7. The van der Waals surface area contributed by atoms with Crippen LogP contribution in [-0.4, -0.2) is 35.0 Å². The van der Waals surface area contributed by atoms with Crippen molar-refractivity contribution in [3.63, 3.8) is 0 Å². The number of hydrogen-bond donors (Lipinski definition) is 1. The van der Waals surface area contributed by atoms with Gasteiger partial charge in [-0.1, -0.05) is 32.6 Å². The molecule has 0 bridgehead atoms. The van der Waals surface area contributed by atoms with Crippen LogP contribution in [0.4, 0.5) is 0 Å². The normalized spacial score (nSPS) is 17.2. The van der Waals surface area contributed by atoms with Gasteiger partial charge in [0.1, 0.15) is 6.54 Å². The van der Waals surface area contributed by atoms with Crippen LogP contribution in [0, 0.1) is 23.7 Å². The van der Waals surface area contributed by atoms with Crippen LogP contribution in [0.25, 0.3) is 0 Å². The molecule has 0 spiro atoms. The van der Waals surface area contributed by atoms with E-state index in [2.05, 4.69) is 19.8 Å². The van der Waals surface area contributed by atoms with Gasteiger partial charge in [0, 0.05) is 5.41 Å². The van der Waals surface area contributed by atoms with Gasteiger partial charge in [-0.3, -0.25) is 9.59 Å². The first-order valence-electron chi connectivity index (χ1n) is 6.86. The van der Waals surface area contributed by atoms with E-state index in [0.29, 0.717) is 5.92 Å². The number of carboxylic acid groups (broad SMARTS) is 1. The van der Waals surface area contributed by atoms with E-state index < -0.39 is 5.97 Å². The summed E-state index contributed by atoms with van der Waals surface area (Å²) in [5, 5.41) is 8.91. The summed E-state index contributed by atoms with van der Waals surface area (Å²) in [6.45, 7) is 3.96. The molecule has 1 rings (SSSR count). The minimum atomic E-state index is -1.01. The van der Waals surface area contributed by atoms with Crippen molar-refractivity contribution in [1.29, 1.82) is 0 Å². The Morgan fingerprint density at radius 1 is 1.37 bits per heavy atom. The fourth-order valence-corrected chi connectivity index (χ4v) is 3.15. The molecule has 106 valence electrons. The molecule has 1 N–H and O–H groups in total. The molecule has 0 aromatic rings. The average Bonchev–Trinajstić information content (AvgIpc) is 2.75. The van der Waals surface area contributed by atoms with Crippen LogP contribution in [0.3, 0.4) is 0 Å². The molecule has 0 radical (unpaired) electrons. The van der Waals surface area contributed by atoms with E-state index in [0.717, 1.165) is 32.1 Å². The van der Waals surface area contributed by atoms with Crippen molar-refractivity contribution in [2.24, 2.45) is 11.3 Å².